The number of hydrogen-bond acceptors (Lipinski definition) is 3. The molecule has 0 aliphatic heterocycles. The van der Waals surface area contributed by atoms with E-state index in [2.05, 4.69) is 37.2 Å². The lowest BCUT2D eigenvalue weighted by molar-refractivity contribution is -0.138. The Bertz CT molecular complexity index is 451. The van der Waals surface area contributed by atoms with Crippen molar-refractivity contribution in [2.45, 2.75) is 12.5 Å². The lowest BCUT2D eigenvalue weighted by Gasteiger charge is -2.11. The van der Waals surface area contributed by atoms with Gasteiger partial charge in [-0.1, -0.05) is 15.9 Å². The van der Waals surface area contributed by atoms with E-state index in [1.807, 2.05) is 0 Å². The van der Waals surface area contributed by atoms with E-state index >= 15 is 0 Å². The topological polar surface area (TPSA) is 92.4 Å². The van der Waals surface area contributed by atoms with Gasteiger partial charge in [0.2, 0.25) is 5.91 Å². The fourth-order valence-electron chi connectivity index (χ4n) is 1.10. The number of nitrogens with one attached hydrogen (secondary N) is 1. The molecule has 0 saturated carbocycles. The van der Waals surface area contributed by atoms with Crippen LogP contribution in [0.2, 0.25) is 0 Å². The summed E-state index contributed by atoms with van der Waals surface area (Å²) in [6.45, 7) is 0. The Morgan fingerprint density at radius 3 is 2.59 bits per heavy atom. The van der Waals surface area contributed by atoms with Gasteiger partial charge in [-0.05, 0) is 34.1 Å². The standard InChI is InChI=1S/C10H10Br2N2O3/c11-5-1-2-8(6(12)3-5)14-10(17)7(13)4-9(15)16/h1-3,7H,4,13H2,(H,14,17)(H,15,16). The van der Waals surface area contributed by atoms with Crippen LogP contribution in [0.3, 0.4) is 0 Å². The molecule has 1 atom stereocenters. The number of anilines is 1. The van der Waals surface area contributed by atoms with Crippen LogP contribution in [0, 0.1) is 0 Å². The van der Waals surface area contributed by atoms with Crippen molar-refractivity contribution in [2.24, 2.45) is 5.73 Å². The van der Waals surface area contributed by atoms with Crippen molar-refractivity contribution in [3.8, 4) is 0 Å². The van der Waals surface area contributed by atoms with E-state index in [9.17, 15) is 9.59 Å². The number of benzene rings is 1. The van der Waals surface area contributed by atoms with E-state index in [1.54, 1.807) is 18.2 Å². The molecule has 92 valence electrons. The molecule has 7 heteroatoms. The summed E-state index contributed by atoms with van der Waals surface area (Å²) in [5.74, 6) is -1.64. The van der Waals surface area contributed by atoms with Crippen LogP contribution in [0.1, 0.15) is 6.42 Å². The van der Waals surface area contributed by atoms with E-state index in [1.165, 1.54) is 0 Å². The number of carbonyl (C=O) groups is 2. The van der Waals surface area contributed by atoms with Gasteiger partial charge >= 0.3 is 5.97 Å². The van der Waals surface area contributed by atoms with Gasteiger partial charge in [0.15, 0.2) is 0 Å². The SMILES string of the molecule is NC(CC(=O)O)C(=O)Nc1ccc(Br)cc1Br. The maximum Gasteiger partial charge on any atom is 0.305 e. The van der Waals surface area contributed by atoms with Gasteiger partial charge in [-0.25, -0.2) is 0 Å². The molecule has 1 aromatic carbocycles. The summed E-state index contributed by atoms with van der Waals surface area (Å²) in [4.78, 5) is 22.0. The predicted octanol–water partition coefficient (Wildman–Crippen LogP) is 1.95. The van der Waals surface area contributed by atoms with Crippen molar-refractivity contribution < 1.29 is 14.7 Å². The number of amides is 1. The van der Waals surface area contributed by atoms with Crippen molar-refractivity contribution in [3.05, 3.63) is 27.1 Å². The Kier molecular flexibility index (Phi) is 5.10. The lowest BCUT2D eigenvalue weighted by atomic mass is 10.2. The van der Waals surface area contributed by atoms with Crippen LogP contribution in [-0.2, 0) is 9.59 Å². The Balaban J connectivity index is 2.71. The number of carboxylic acids is 1. The van der Waals surface area contributed by atoms with Crippen LogP contribution in [0.4, 0.5) is 5.69 Å². The summed E-state index contributed by atoms with van der Waals surface area (Å²) >= 11 is 6.55. The fraction of sp³-hybridized carbons (Fsp3) is 0.200. The average Bonchev–Trinajstić information content (AvgIpc) is 2.21. The maximum absolute atomic E-state index is 11.6. The van der Waals surface area contributed by atoms with Gasteiger partial charge in [0, 0.05) is 8.95 Å². The number of rotatable bonds is 4. The second-order valence-corrected chi connectivity index (χ2v) is 5.09. The molecule has 1 amide bonds. The zero-order chi connectivity index (χ0) is 13.0. The minimum Gasteiger partial charge on any atom is -0.481 e. The highest BCUT2D eigenvalue weighted by atomic mass is 79.9. The molecule has 0 spiro atoms. The van der Waals surface area contributed by atoms with Crippen molar-refractivity contribution in [3.63, 3.8) is 0 Å². The molecule has 0 radical (unpaired) electrons. The van der Waals surface area contributed by atoms with Gasteiger partial charge in [-0.2, -0.15) is 0 Å². The molecule has 0 fully saturated rings. The first-order valence-electron chi connectivity index (χ1n) is 4.63. The molecule has 1 aromatic rings. The normalized spacial score (nSPS) is 11.9. The van der Waals surface area contributed by atoms with Crippen molar-refractivity contribution >= 4 is 49.4 Å². The Morgan fingerprint density at radius 1 is 1.41 bits per heavy atom. The summed E-state index contributed by atoms with van der Waals surface area (Å²) in [5, 5.41) is 11.1. The highest BCUT2D eigenvalue weighted by Gasteiger charge is 2.17. The van der Waals surface area contributed by atoms with E-state index in [0.717, 1.165) is 4.47 Å². The average molecular weight is 366 g/mol. The van der Waals surface area contributed by atoms with Crippen molar-refractivity contribution in [2.75, 3.05) is 5.32 Å². The molecule has 1 unspecified atom stereocenters. The molecular weight excluding hydrogens is 356 g/mol. The predicted molar refractivity (Wildman–Crippen MR) is 70.7 cm³/mol. The maximum atomic E-state index is 11.6. The molecule has 0 bridgehead atoms. The number of aliphatic carboxylic acids is 1. The molecule has 0 aromatic heterocycles. The Morgan fingerprint density at radius 2 is 2.06 bits per heavy atom. The van der Waals surface area contributed by atoms with Crippen LogP contribution in [-0.4, -0.2) is 23.0 Å². The largest absolute Gasteiger partial charge is 0.481 e. The highest BCUT2D eigenvalue weighted by molar-refractivity contribution is 9.11. The molecule has 5 nitrogen and oxygen atoms in total. The van der Waals surface area contributed by atoms with Crippen molar-refractivity contribution in [1.29, 1.82) is 0 Å². The first-order chi connectivity index (χ1) is 7.90. The van der Waals surface area contributed by atoms with Crippen LogP contribution in [0.15, 0.2) is 27.1 Å². The van der Waals surface area contributed by atoms with Gasteiger partial charge in [0.1, 0.15) is 0 Å². The third-order valence-electron chi connectivity index (χ3n) is 1.92. The molecule has 17 heavy (non-hydrogen) atoms. The zero-order valence-corrected chi connectivity index (χ0v) is 11.8. The van der Waals surface area contributed by atoms with Crippen LogP contribution >= 0.6 is 31.9 Å². The molecule has 0 heterocycles. The van der Waals surface area contributed by atoms with Crippen LogP contribution in [0.25, 0.3) is 0 Å². The summed E-state index contributed by atoms with van der Waals surface area (Å²) in [5.41, 5.74) is 5.97. The number of carboxylic acid groups (broad SMARTS) is 1. The highest BCUT2D eigenvalue weighted by Crippen LogP contribution is 2.26. The summed E-state index contributed by atoms with van der Waals surface area (Å²) in [6, 6.07) is 4.13. The molecule has 1 rings (SSSR count). The zero-order valence-electron chi connectivity index (χ0n) is 8.61. The minimum absolute atomic E-state index is 0.403. The Hall–Kier alpha value is -0.920. The monoisotopic (exact) mass is 364 g/mol. The molecule has 0 saturated heterocycles. The number of nitrogens with two attached hydrogens (primary N) is 1. The van der Waals surface area contributed by atoms with Gasteiger partial charge in [0.25, 0.3) is 0 Å². The minimum atomic E-state index is -1.11. The third kappa shape index (κ3) is 4.45. The summed E-state index contributed by atoms with van der Waals surface area (Å²) in [6.07, 6.45) is -0.403. The number of hydrogen-bond donors (Lipinski definition) is 3. The van der Waals surface area contributed by atoms with Gasteiger partial charge in [-0.15, -0.1) is 0 Å². The number of halogens is 2. The first kappa shape index (κ1) is 14.1. The molecule has 4 N–H and O–H groups in total. The van der Waals surface area contributed by atoms with E-state index in [0.29, 0.717) is 10.2 Å². The second kappa shape index (κ2) is 6.13. The number of carbonyl (C=O) groups excluding carboxylic acids is 1. The molecule has 0 aliphatic carbocycles. The van der Waals surface area contributed by atoms with E-state index < -0.39 is 24.3 Å². The smallest absolute Gasteiger partial charge is 0.305 e. The molecule has 0 aliphatic rings. The first-order valence-corrected chi connectivity index (χ1v) is 6.22. The van der Waals surface area contributed by atoms with Gasteiger partial charge < -0.3 is 16.2 Å². The third-order valence-corrected chi connectivity index (χ3v) is 3.07. The fourth-order valence-corrected chi connectivity index (χ4v) is 2.24. The van der Waals surface area contributed by atoms with Gasteiger partial charge in [0.05, 0.1) is 18.2 Å². The van der Waals surface area contributed by atoms with Crippen molar-refractivity contribution in [1.82, 2.24) is 0 Å². The Labute approximate surface area is 115 Å². The van der Waals surface area contributed by atoms with Gasteiger partial charge in [-0.3, -0.25) is 9.59 Å². The van der Waals surface area contributed by atoms with E-state index in [4.69, 9.17) is 10.8 Å². The van der Waals surface area contributed by atoms with Crippen LogP contribution < -0.4 is 11.1 Å². The summed E-state index contributed by atoms with van der Waals surface area (Å²) in [7, 11) is 0. The lowest BCUT2D eigenvalue weighted by Crippen LogP contribution is -2.37. The quantitative estimate of drug-likeness (QED) is 0.760. The molecular formula is C10H10Br2N2O3. The summed E-state index contributed by atoms with van der Waals surface area (Å²) < 4.78 is 1.54. The second-order valence-electron chi connectivity index (χ2n) is 3.32. The van der Waals surface area contributed by atoms with Crippen LogP contribution in [0.5, 0.6) is 0 Å². The van der Waals surface area contributed by atoms with E-state index in [-0.39, 0.29) is 0 Å².